The molecule has 0 saturated carbocycles. The van der Waals surface area contributed by atoms with Crippen LogP contribution in [0.1, 0.15) is 11.4 Å². The summed E-state index contributed by atoms with van der Waals surface area (Å²) in [6.45, 7) is 0. The quantitative estimate of drug-likeness (QED) is 0.419. The van der Waals surface area contributed by atoms with Crippen LogP contribution in [-0.2, 0) is 8.86 Å². The van der Waals surface area contributed by atoms with Crippen molar-refractivity contribution in [3.05, 3.63) is 54.0 Å². The summed E-state index contributed by atoms with van der Waals surface area (Å²) in [6, 6.07) is 12.4. The molecule has 0 spiro atoms. The van der Waals surface area contributed by atoms with Crippen molar-refractivity contribution in [1.82, 2.24) is 14.6 Å². The van der Waals surface area contributed by atoms with Gasteiger partial charge in [-0.05, 0) is 5.56 Å². The monoisotopic (exact) mass is 475 g/mol. The van der Waals surface area contributed by atoms with Crippen LogP contribution in [0.4, 0.5) is 0 Å². The molecule has 96 valence electrons. The summed E-state index contributed by atoms with van der Waals surface area (Å²) in [5.41, 5.74) is 5.71. The Morgan fingerprint density at radius 2 is 1.79 bits per heavy atom. The predicted octanol–water partition coefficient (Wildman–Crippen LogP) is 4.27. The molecule has 0 unspecified atom stereocenters. The largest absolute Gasteiger partial charge is 0.232 e. The summed E-state index contributed by atoms with van der Waals surface area (Å²) in [4.78, 5) is 4.73. The maximum atomic E-state index is 4.73. The van der Waals surface area contributed by atoms with Gasteiger partial charge in [0.2, 0.25) is 0 Å². The van der Waals surface area contributed by atoms with Crippen LogP contribution in [0.15, 0.2) is 42.6 Å². The number of benzene rings is 1. The van der Waals surface area contributed by atoms with Crippen molar-refractivity contribution in [2.75, 3.05) is 0 Å². The third-order valence-corrected chi connectivity index (χ3v) is 4.47. The molecular weight excluding hydrogens is 464 g/mol. The highest BCUT2D eigenvalue weighted by Gasteiger charge is 2.15. The van der Waals surface area contributed by atoms with E-state index in [9.17, 15) is 0 Å². The van der Waals surface area contributed by atoms with Gasteiger partial charge in [-0.2, -0.15) is 5.10 Å². The molecule has 0 amide bonds. The van der Waals surface area contributed by atoms with Gasteiger partial charge in [-0.25, -0.2) is 9.50 Å². The van der Waals surface area contributed by atoms with Crippen LogP contribution >= 0.6 is 45.2 Å². The van der Waals surface area contributed by atoms with Crippen LogP contribution in [0.3, 0.4) is 0 Å². The van der Waals surface area contributed by atoms with Crippen LogP contribution in [0.2, 0.25) is 0 Å². The van der Waals surface area contributed by atoms with Crippen molar-refractivity contribution in [3.8, 4) is 11.1 Å². The molecule has 0 radical (unpaired) electrons. The maximum absolute atomic E-state index is 4.73. The van der Waals surface area contributed by atoms with E-state index in [1.807, 2.05) is 22.8 Å². The molecule has 0 aliphatic heterocycles. The summed E-state index contributed by atoms with van der Waals surface area (Å²) >= 11 is 4.77. The van der Waals surface area contributed by atoms with E-state index in [0.29, 0.717) is 0 Å². The van der Waals surface area contributed by atoms with Crippen LogP contribution in [-0.4, -0.2) is 14.6 Å². The molecule has 3 aromatic rings. The lowest BCUT2D eigenvalue weighted by Gasteiger charge is -2.13. The SMILES string of the molecule is ICc1nc2ccnn2c(CI)c1-c1ccccc1. The molecule has 19 heavy (non-hydrogen) atoms. The Kier molecular flexibility index (Phi) is 4.01. The number of aromatic nitrogens is 3. The molecular formula is C14H11I2N3. The van der Waals surface area contributed by atoms with Gasteiger partial charge in [0.05, 0.1) is 17.6 Å². The lowest BCUT2D eigenvalue weighted by Crippen LogP contribution is -2.05. The van der Waals surface area contributed by atoms with Crippen LogP contribution in [0, 0.1) is 0 Å². The lowest BCUT2D eigenvalue weighted by atomic mass is 10.0. The van der Waals surface area contributed by atoms with E-state index in [0.717, 1.165) is 20.2 Å². The highest BCUT2D eigenvalue weighted by molar-refractivity contribution is 14.1. The Bertz CT molecular complexity index is 707. The van der Waals surface area contributed by atoms with E-state index in [1.54, 1.807) is 0 Å². The first-order chi connectivity index (χ1) is 9.35. The average molecular weight is 475 g/mol. The van der Waals surface area contributed by atoms with Gasteiger partial charge in [0.15, 0.2) is 5.65 Å². The van der Waals surface area contributed by atoms with Crippen molar-refractivity contribution < 1.29 is 0 Å². The molecule has 0 aliphatic carbocycles. The van der Waals surface area contributed by atoms with E-state index in [1.165, 1.54) is 16.8 Å². The summed E-state index contributed by atoms with van der Waals surface area (Å²) < 4.78 is 3.75. The molecule has 3 nitrogen and oxygen atoms in total. The predicted molar refractivity (Wildman–Crippen MR) is 93.9 cm³/mol. The Morgan fingerprint density at radius 3 is 2.47 bits per heavy atom. The van der Waals surface area contributed by atoms with E-state index in [4.69, 9.17) is 4.98 Å². The average Bonchev–Trinajstić information content (AvgIpc) is 2.94. The van der Waals surface area contributed by atoms with Crippen molar-refractivity contribution in [2.24, 2.45) is 0 Å². The zero-order chi connectivity index (χ0) is 13.2. The Labute approximate surface area is 138 Å². The minimum atomic E-state index is 0.896. The highest BCUT2D eigenvalue weighted by Crippen LogP contribution is 2.30. The second kappa shape index (κ2) is 5.74. The van der Waals surface area contributed by atoms with Gasteiger partial charge in [-0.15, -0.1) is 0 Å². The topological polar surface area (TPSA) is 30.2 Å². The number of fused-ring (bicyclic) bond motifs is 1. The number of hydrogen-bond acceptors (Lipinski definition) is 2. The van der Waals surface area contributed by atoms with Gasteiger partial charge in [0.1, 0.15) is 0 Å². The number of nitrogens with zero attached hydrogens (tertiary/aromatic N) is 3. The second-order valence-corrected chi connectivity index (χ2v) is 5.64. The first kappa shape index (κ1) is 13.3. The third kappa shape index (κ3) is 2.37. The molecule has 0 fully saturated rings. The molecule has 0 aliphatic rings. The van der Waals surface area contributed by atoms with Gasteiger partial charge in [0, 0.05) is 20.5 Å². The lowest BCUT2D eigenvalue weighted by molar-refractivity contribution is 0.886. The first-order valence-corrected chi connectivity index (χ1v) is 8.93. The second-order valence-electron chi connectivity index (χ2n) is 4.11. The van der Waals surface area contributed by atoms with Crippen molar-refractivity contribution in [1.29, 1.82) is 0 Å². The highest BCUT2D eigenvalue weighted by atomic mass is 127. The fraction of sp³-hybridized carbons (Fsp3) is 0.143. The minimum absolute atomic E-state index is 0.896. The van der Waals surface area contributed by atoms with Gasteiger partial charge in [0.25, 0.3) is 0 Å². The van der Waals surface area contributed by atoms with Crippen LogP contribution < -0.4 is 0 Å². The molecule has 0 saturated heterocycles. The summed E-state index contributed by atoms with van der Waals surface area (Å²) in [5, 5.41) is 4.40. The zero-order valence-electron chi connectivity index (χ0n) is 10.1. The molecule has 2 heterocycles. The standard InChI is InChI=1S/C14H11I2N3/c15-8-11-14(10-4-2-1-3-5-10)12(9-16)19-13(18-11)6-7-17-19/h1-7H,8-9H2. The smallest absolute Gasteiger partial charge is 0.155 e. The molecule has 0 N–H and O–H groups in total. The summed E-state index contributed by atoms with van der Waals surface area (Å²) in [5.74, 6) is 0. The van der Waals surface area contributed by atoms with Crippen molar-refractivity contribution in [2.45, 2.75) is 8.86 Å². The number of hydrogen-bond donors (Lipinski definition) is 0. The molecule has 3 rings (SSSR count). The summed E-state index contributed by atoms with van der Waals surface area (Å²) in [6.07, 6.45) is 1.81. The normalized spacial score (nSPS) is 11.1. The van der Waals surface area contributed by atoms with Gasteiger partial charge in [-0.1, -0.05) is 75.5 Å². The van der Waals surface area contributed by atoms with E-state index < -0.39 is 0 Å². The first-order valence-electron chi connectivity index (χ1n) is 5.88. The third-order valence-electron chi connectivity index (χ3n) is 3.02. The van der Waals surface area contributed by atoms with Gasteiger partial charge in [-0.3, -0.25) is 0 Å². The van der Waals surface area contributed by atoms with E-state index in [2.05, 4.69) is 74.5 Å². The van der Waals surface area contributed by atoms with E-state index in [-0.39, 0.29) is 0 Å². The molecule has 0 bridgehead atoms. The van der Waals surface area contributed by atoms with Crippen molar-refractivity contribution in [3.63, 3.8) is 0 Å². The Hall–Kier alpha value is -0.700. The van der Waals surface area contributed by atoms with Gasteiger partial charge < -0.3 is 0 Å². The zero-order valence-corrected chi connectivity index (χ0v) is 14.4. The van der Waals surface area contributed by atoms with Crippen LogP contribution in [0.25, 0.3) is 16.8 Å². The van der Waals surface area contributed by atoms with Crippen molar-refractivity contribution >= 4 is 50.8 Å². The van der Waals surface area contributed by atoms with E-state index >= 15 is 0 Å². The number of alkyl halides is 2. The Morgan fingerprint density at radius 1 is 1.00 bits per heavy atom. The molecule has 2 aromatic heterocycles. The minimum Gasteiger partial charge on any atom is -0.232 e. The summed E-state index contributed by atoms with van der Waals surface area (Å²) in [7, 11) is 0. The number of rotatable bonds is 3. The molecule has 5 heteroatoms. The van der Waals surface area contributed by atoms with Gasteiger partial charge >= 0.3 is 0 Å². The maximum Gasteiger partial charge on any atom is 0.155 e. The molecule has 0 atom stereocenters. The van der Waals surface area contributed by atoms with Crippen LogP contribution in [0.5, 0.6) is 0 Å². The Balaban J connectivity index is 2.38. The number of halogens is 2. The fourth-order valence-electron chi connectivity index (χ4n) is 2.21. The molecule has 1 aromatic carbocycles. The fourth-order valence-corrected chi connectivity index (χ4v) is 3.47.